The molecule has 0 fully saturated rings. The highest BCUT2D eigenvalue weighted by atomic mass is 79.9. The second-order valence-corrected chi connectivity index (χ2v) is 5.71. The van der Waals surface area contributed by atoms with Crippen molar-refractivity contribution in [3.8, 4) is 5.75 Å². The molecule has 2 N–H and O–H groups in total. The number of halogens is 4. The number of benzene rings is 2. The van der Waals surface area contributed by atoms with E-state index in [1.165, 1.54) is 24.3 Å². The van der Waals surface area contributed by atoms with Gasteiger partial charge < -0.3 is 15.2 Å². The Hall–Kier alpha value is -1.57. The van der Waals surface area contributed by atoms with Gasteiger partial charge in [-0.15, -0.1) is 0 Å². The normalized spacial score (nSPS) is 12.4. The molecule has 0 spiro atoms. The average molecular weight is 390 g/mol. The number of hydrogen-bond acceptors (Lipinski definition) is 3. The van der Waals surface area contributed by atoms with Crippen LogP contribution in [0, 0.1) is 5.82 Å². The molecule has 2 aromatic carbocycles. The Morgan fingerprint density at radius 2 is 1.91 bits per heavy atom. The van der Waals surface area contributed by atoms with Gasteiger partial charge in [-0.2, -0.15) is 8.78 Å². The SMILES string of the molecule is OC(CNCc1cc(Br)ccc1OC(F)F)c1ccccc1F. The van der Waals surface area contributed by atoms with E-state index in [1.807, 2.05) is 0 Å². The molecule has 0 aliphatic carbocycles. The zero-order chi connectivity index (χ0) is 16.8. The molecule has 7 heteroatoms. The van der Waals surface area contributed by atoms with E-state index in [0.29, 0.717) is 10.0 Å². The third kappa shape index (κ3) is 5.23. The summed E-state index contributed by atoms with van der Waals surface area (Å²) in [5.74, 6) is -0.443. The zero-order valence-electron chi connectivity index (χ0n) is 12.0. The Morgan fingerprint density at radius 3 is 2.61 bits per heavy atom. The maximum atomic E-state index is 13.6. The summed E-state index contributed by atoms with van der Waals surface area (Å²) < 4.78 is 43.5. The van der Waals surface area contributed by atoms with E-state index in [9.17, 15) is 18.3 Å². The van der Waals surface area contributed by atoms with Crippen LogP contribution in [0.4, 0.5) is 13.2 Å². The lowest BCUT2D eigenvalue weighted by Gasteiger charge is -2.15. The number of alkyl halides is 2. The molecule has 23 heavy (non-hydrogen) atoms. The van der Waals surface area contributed by atoms with Crippen LogP contribution in [-0.2, 0) is 6.54 Å². The minimum atomic E-state index is -2.92. The maximum Gasteiger partial charge on any atom is 0.387 e. The third-order valence-corrected chi connectivity index (χ3v) is 3.65. The van der Waals surface area contributed by atoms with Gasteiger partial charge in [0, 0.05) is 28.7 Å². The average Bonchev–Trinajstić information content (AvgIpc) is 2.50. The Labute approximate surface area is 140 Å². The van der Waals surface area contributed by atoms with Crippen molar-refractivity contribution in [2.45, 2.75) is 19.3 Å². The Morgan fingerprint density at radius 1 is 1.17 bits per heavy atom. The van der Waals surface area contributed by atoms with E-state index >= 15 is 0 Å². The van der Waals surface area contributed by atoms with Gasteiger partial charge in [0.25, 0.3) is 0 Å². The molecule has 0 saturated carbocycles. The summed E-state index contributed by atoms with van der Waals surface area (Å²) in [6.45, 7) is -2.66. The van der Waals surface area contributed by atoms with Crippen LogP contribution >= 0.6 is 15.9 Å². The molecule has 2 aromatic rings. The lowest BCUT2D eigenvalue weighted by atomic mass is 10.1. The number of hydrogen-bond donors (Lipinski definition) is 2. The molecular formula is C16H15BrF3NO2. The van der Waals surface area contributed by atoms with E-state index in [2.05, 4.69) is 26.0 Å². The second-order valence-electron chi connectivity index (χ2n) is 4.80. The van der Waals surface area contributed by atoms with Crippen LogP contribution in [0.1, 0.15) is 17.2 Å². The van der Waals surface area contributed by atoms with E-state index < -0.39 is 18.5 Å². The smallest absolute Gasteiger partial charge is 0.387 e. The Kier molecular flexibility index (Phi) is 6.44. The second kappa shape index (κ2) is 8.33. The largest absolute Gasteiger partial charge is 0.434 e. The topological polar surface area (TPSA) is 41.5 Å². The molecule has 0 heterocycles. The fourth-order valence-corrected chi connectivity index (χ4v) is 2.50. The standard InChI is InChI=1S/C16H15BrF3NO2/c17-11-5-6-15(23-16(19)20)10(7-11)8-21-9-14(22)12-3-1-2-4-13(12)18/h1-7,14,16,21-22H,8-9H2. The van der Waals surface area contributed by atoms with Crippen LogP contribution in [0.25, 0.3) is 0 Å². The molecule has 0 aromatic heterocycles. The summed E-state index contributed by atoms with van der Waals surface area (Å²) in [4.78, 5) is 0. The first kappa shape index (κ1) is 17.8. The summed E-state index contributed by atoms with van der Waals surface area (Å²) in [6.07, 6.45) is -1.04. The molecule has 1 atom stereocenters. The first-order chi connectivity index (χ1) is 11.0. The van der Waals surface area contributed by atoms with Gasteiger partial charge in [0.1, 0.15) is 11.6 Å². The fourth-order valence-electron chi connectivity index (χ4n) is 2.10. The first-order valence-electron chi connectivity index (χ1n) is 6.84. The molecule has 0 radical (unpaired) electrons. The van der Waals surface area contributed by atoms with Crippen molar-refractivity contribution < 1.29 is 23.0 Å². The van der Waals surface area contributed by atoms with Gasteiger partial charge >= 0.3 is 6.61 Å². The van der Waals surface area contributed by atoms with Crippen molar-refractivity contribution in [2.24, 2.45) is 0 Å². The summed E-state index contributed by atoms with van der Waals surface area (Å²) in [6, 6.07) is 10.6. The van der Waals surface area contributed by atoms with Gasteiger partial charge in [0.15, 0.2) is 0 Å². The summed E-state index contributed by atoms with van der Waals surface area (Å²) in [7, 11) is 0. The van der Waals surface area contributed by atoms with E-state index in [-0.39, 0.29) is 24.4 Å². The minimum Gasteiger partial charge on any atom is -0.434 e. The monoisotopic (exact) mass is 389 g/mol. The van der Waals surface area contributed by atoms with E-state index in [1.54, 1.807) is 18.2 Å². The minimum absolute atomic E-state index is 0.0519. The lowest BCUT2D eigenvalue weighted by Crippen LogP contribution is -2.22. The molecule has 0 bridgehead atoms. The third-order valence-electron chi connectivity index (χ3n) is 3.16. The Bertz CT molecular complexity index is 655. The number of aliphatic hydroxyl groups excluding tert-OH is 1. The molecule has 0 saturated heterocycles. The highest BCUT2D eigenvalue weighted by Crippen LogP contribution is 2.25. The number of rotatable bonds is 7. The van der Waals surface area contributed by atoms with Crippen molar-refractivity contribution in [3.63, 3.8) is 0 Å². The van der Waals surface area contributed by atoms with Crippen LogP contribution in [0.15, 0.2) is 46.9 Å². The molecule has 0 aliphatic rings. The predicted octanol–water partition coefficient (Wildman–Crippen LogP) is 4.01. The zero-order valence-corrected chi connectivity index (χ0v) is 13.6. The maximum absolute atomic E-state index is 13.6. The molecule has 1 unspecified atom stereocenters. The summed E-state index contributed by atoms with van der Waals surface area (Å²) >= 11 is 3.26. The van der Waals surface area contributed by atoms with Crippen molar-refractivity contribution >= 4 is 15.9 Å². The van der Waals surface area contributed by atoms with Crippen LogP contribution in [0.2, 0.25) is 0 Å². The van der Waals surface area contributed by atoms with Crippen molar-refractivity contribution in [1.82, 2.24) is 5.32 Å². The molecule has 3 nitrogen and oxygen atoms in total. The van der Waals surface area contributed by atoms with Crippen LogP contribution in [0.5, 0.6) is 5.75 Å². The van der Waals surface area contributed by atoms with Crippen LogP contribution in [0.3, 0.4) is 0 Å². The molecule has 124 valence electrons. The van der Waals surface area contributed by atoms with Gasteiger partial charge in [0.05, 0.1) is 6.10 Å². The van der Waals surface area contributed by atoms with Crippen molar-refractivity contribution in [1.29, 1.82) is 0 Å². The van der Waals surface area contributed by atoms with Gasteiger partial charge in [-0.3, -0.25) is 0 Å². The van der Waals surface area contributed by atoms with Gasteiger partial charge in [0.2, 0.25) is 0 Å². The van der Waals surface area contributed by atoms with Gasteiger partial charge in [-0.25, -0.2) is 4.39 Å². The predicted molar refractivity (Wildman–Crippen MR) is 83.8 cm³/mol. The Balaban J connectivity index is 1.98. The van der Waals surface area contributed by atoms with Crippen molar-refractivity contribution in [3.05, 3.63) is 63.9 Å². The van der Waals surface area contributed by atoms with Crippen LogP contribution in [-0.4, -0.2) is 18.3 Å². The number of ether oxygens (including phenoxy) is 1. The van der Waals surface area contributed by atoms with E-state index in [4.69, 9.17) is 0 Å². The van der Waals surface area contributed by atoms with Crippen molar-refractivity contribution in [2.75, 3.05) is 6.54 Å². The van der Waals surface area contributed by atoms with Gasteiger partial charge in [-0.1, -0.05) is 34.1 Å². The number of nitrogens with one attached hydrogen (secondary N) is 1. The molecule has 0 aliphatic heterocycles. The highest BCUT2D eigenvalue weighted by Gasteiger charge is 2.13. The quantitative estimate of drug-likeness (QED) is 0.751. The van der Waals surface area contributed by atoms with E-state index in [0.717, 1.165) is 0 Å². The number of aliphatic hydroxyl groups is 1. The molecular weight excluding hydrogens is 375 g/mol. The fraction of sp³-hybridized carbons (Fsp3) is 0.250. The first-order valence-corrected chi connectivity index (χ1v) is 7.63. The summed E-state index contributed by atoms with van der Waals surface area (Å²) in [5, 5.41) is 12.9. The molecule has 0 amide bonds. The van der Waals surface area contributed by atoms with Gasteiger partial charge in [-0.05, 0) is 24.3 Å². The lowest BCUT2D eigenvalue weighted by molar-refractivity contribution is -0.0505. The van der Waals surface area contributed by atoms with Crippen LogP contribution < -0.4 is 10.1 Å². The molecule has 2 rings (SSSR count). The highest BCUT2D eigenvalue weighted by molar-refractivity contribution is 9.10. The summed E-state index contributed by atoms with van der Waals surface area (Å²) in [5.41, 5.74) is 0.679.